The molecule has 2 aromatic carbocycles. The zero-order chi connectivity index (χ0) is 42.8. The SMILES string of the molecule is CC(C)N(C(=O)COc1nnc(C(F)(F)F)s1)c1ccc(F)cc1.CC(C)Oc1cc(-n2nc(C(C)(C)C)oc2=O)c(Cl)cc1Cl.O=C(O)CNCP(=O)(O)O. The van der Waals surface area contributed by atoms with Crippen molar-refractivity contribution >= 4 is 59.7 Å². The molecule has 4 aromatic rings. The molecule has 56 heavy (non-hydrogen) atoms. The van der Waals surface area contributed by atoms with Gasteiger partial charge in [-0.3, -0.25) is 19.5 Å². The first-order chi connectivity index (χ1) is 25.7. The van der Waals surface area contributed by atoms with Gasteiger partial charge in [0.1, 0.15) is 11.6 Å². The van der Waals surface area contributed by atoms with E-state index in [1.165, 1.54) is 35.2 Å². The molecule has 2 aromatic heterocycles. The molecule has 0 aliphatic carbocycles. The number of alkyl halides is 3. The largest absolute Gasteiger partial charge is 0.489 e. The Morgan fingerprint density at radius 3 is 2.12 bits per heavy atom. The van der Waals surface area contributed by atoms with Crippen LogP contribution in [0.25, 0.3) is 5.69 Å². The van der Waals surface area contributed by atoms with Gasteiger partial charge in [-0.05, 0) is 58.0 Å². The van der Waals surface area contributed by atoms with Gasteiger partial charge in [0.25, 0.3) is 11.1 Å². The number of rotatable bonds is 12. The van der Waals surface area contributed by atoms with Gasteiger partial charge >= 0.3 is 25.5 Å². The molecule has 1 amide bonds. The Labute approximate surface area is 331 Å². The summed E-state index contributed by atoms with van der Waals surface area (Å²) >= 11 is 12.5. The number of hydrogen-bond donors (Lipinski definition) is 4. The monoisotopic (exact) mass is 876 g/mol. The first kappa shape index (κ1) is 48.0. The van der Waals surface area contributed by atoms with Crippen molar-refractivity contribution in [3.05, 3.63) is 73.7 Å². The zero-order valence-electron chi connectivity index (χ0n) is 30.8. The van der Waals surface area contributed by atoms with Gasteiger partial charge in [0.2, 0.25) is 10.9 Å². The van der Waals surface area contributed by atoms with Crippen molar-refractivity contribution in [2.75, 3.05) is 24.3 Å². The van der Waals surface area contributed by atoms with Gasteiger partial charge in [-0.2, -0.15) is 17.9 Å². The number of ether oxygens (including phenoxy) is 2. The normalized spacial score (nSPS) is 11.7. The molecule has 0 aliphatic heterocycles. The van der Waals surface area contributed by atoms with Gasteiger partial charge in [0, 0.05) is 23.2 Å². The fraction of sp³-hybridized carbons (Fsp3) is 0.438. The van der Waals surface area contributed by atoms with Gasteiger partial charge in [0.05, 0.1) is 34.7 Å². The second-order valence-corrected chi connectivity index (χ2v) is 16.3. The summed E-state index contributed by atoms with van der Waals surface area (Å²) in [7, 11) is -4.10. The third-order valence-corrected chi connectivity index (χ3v) is 8.35. The average Bonchev–Trinajstić information content (AvgIpc) is 3.69. The number of hydrogen-bond acceptors (Lipinski definition) is 12. The van der Waals surface area contributed by atoms with Crippen molar-refractivity contribution in [1.29, 1.82) is 0 Å². The highest BCUT2D eigenvalue weighted by Gasteiger charge is 2.36. The van der Waals surface area contributed by atoms with E-state index in [1.807, 2.05) is 34.6 Å². The molecule has 0 spiro atoms. The number of carbonyl (C=O) groups excluding carboxylic acids is 1. The van der Waals surface area contributed by atoms with Crippen LogP contribution < -0.4 is 25.4 Å². The molecule has 0 unspecified atom stereocenters. The molecule has 16 nitrogen and oxygen atoms in total. The molecular weight excluding hydrogens is 838 g/mol. The Hall–Kier alpha value is -4.11. The molecule has 0 saturated carbocycles. The van der Waals surface area contributed by atoms with E-state index in [2.05, 4.69) is 20.6 Å². The number of aromatic nitrogens is 4. The van der Waals surface area contributed by atoms with Crippen LogP contribution in [0.3, 0.4) is 0 Å². The van der Waals surface area contributed by atoms with Gasteiger partial charge in [0.15, 0.2) is 6.61 Å². The number of nitrogens with one attached hydrogen (secondary N) is 1. The highest BCUT2D eigenvalue weighted by molar-refractivity contribution is 7.51. The lowest BCUT2D eigenvalue weighted by Gasteiger charge is -2.26. The molecule has 0 saturated heterocycles. The van der Waals surface area contributed by atoms with Gasteiger partial charge in [-0.25, -0.2) is 9.18 Å². The van der Waals surface area contributed by atoms with Crippen molar-refractivity contribution < 1.29 is 60.5 Å². The van der Waals surface area contributed by atoms with Crippen LogP contribution in [-0.4, -0.2) is 78.3 Å². The first-order valence-electron chi connectivity index (χ1n) is 16.0. The van der Waals surface area contributed by atoms with Crippen LogP contribution in [0.2, 0.25) is 10.0 Å². The number of carbonyl (C=O) groups is 2. The minimum absolute atomic E-state index is 0.0642. The van der Waals surface area contributed by atoms with E-state index < -0.39 is 61.7 Å². The molecular formula is C32H39Cl2F4N6O10PS. The summed E-state index contributed by atoms with van der Waals surface area (Å²) in [6.07, 6.45) is -5.27. The molecule has 0 radical (unpaired) electrons. The van der Waals surface area contributed by atoms with E-state index in [0.29, 0.717) is 28.0 Å². The summed E-state index contributed by atoms with van der Waals surface area (Å²) in [5.74, 6) is -1.93. The maximum atomic E-state index is 13.0. The molecule has 0 bridgehead atoms. The fourth-order valence-corrected chi connectivity index (χ4v) is 5.45. The Morgan fingerprint density at radius 2 is 1.66 bits per heavy atom. The smallest absolute Gasteiger partial charge is 0.445 e. The molecule has 2 heterocycles. The van der Waals surface area contributed by atoms with E-state index in [4.69, 9.17) is 52.0 Å². The van der Waals surface area contributed by atoms with Crippen LogP contribution in [0.5, 0.6) is 10.9 Å². The summed E-state index contributed by atoms with van der Waals surface area (Å²) in [5, 5.41) is 19.6. The predicted octanol–water partition coefficient (Wildman–Crippen LogP) is 6.53. The van der Waals surface area contributed by atoms with Gasteiger partial charge < -0.3 is 33.7 Å². The average molecular weight is 878 g/mol. The molecule has 4 N–H and O–H groups in total. The minimum Gasteiger partial charge on any atom is -0.489 e. The lowest BCUT2D eigenvalue weighted by molar-refractivity contribution is -0.138. The molecule has 310 valence electrons. The molecule has 0 fully saturated rings. The Kier molecular flexibility index (Phi) is 17.5. The van der Waals surface area contributed by atoms with Crippen LogP contribution in [0.4, 0.5) is 23.2 Å². The van der Waals surface area contributed by atoms with Crippen LogP contribution >= 0.6 is 42.1 Å². The van der Waals surface area contributed by atoms with Crippen molar-refractivity contribution in [1.82, 2.24) is 25.3 Å². The maximum absolute atomic E-state index is 13.0. The number of anilines is 1. The Bertz CT molecular complexity index is 2030. The van der Waals surface area contributed by atoms with Crippen molar-refractivity contribution in [3.63, 3.8) is 0 Å². The second kappa shape index (κ2) is 20.4. The van der Waals surface area contributed by atoms with Crippen LogP contribution in [0.15, 0.2) is 45.6 Å². The zero-order valence-corrected chi connectivity index (χ0v) is 34.0. The number of benzene rings is 2. The number of carboxylic acids is 1. The lowest BCUT2D eigenvalue weighted by Crippen LogP contribution is -2.40. The maximum Gasteiger partial charge on any atom is 0.445 e. The van der Waals surface area contributed by atoms with Crippen molar-refractivity contribution in [2.24, 2.45) is 0 Å². The molecule has 0 aliphatic rings. The molecule has 0 atom stereocenters. The van der Waals surface area contributed by atoms with E-state index in [9.17, 15) is 36.5 Å². The summed E-state index contributed by atoms with van der Waals surface area (Å²) < 4.78 is 77.3. The number of carboxylic acid groups (broad SMARTS) is 1. The van der Waals surface area contributed by atoms with E-state index in [-0.39, 0.29) is 39.1 Å². The quantitative estimate of drug-likeness (QED) is 0.0879. The second-order valence-electron chi connectivity index (χ2n) is 12.9. The summed E-state index contributed by atoms with van der Waals surface area (Å²) in [4.78, 5) is 51.8. The highest BCUT2D eigenvalue weighted by atomic mass is 35.5. The number of aliphatic carboxylic acids is 1. The third-order valence-electron chi connectivity index (χ3n) is 6.23. The van der Waals surface area contributed by atoms with Gasteiger partial charge in [-0.1, -0.05) is 60.4 Å². The van der Waals surface area contributed by atoms with Crippen molar-refractivity contribution in [2.45, 2.75) is 72.2 Å². The first-order valence-corrected chi connectivity index (χ1v) is 19.4. The van der Waals surface area contributed by atoms with Crippen LogP contribution in [-0.2, 0) is 25.7 Å². The van der Waals surface area contributed by atoms with E-state index in [1.54, 1.807) is 19.9 Å². The predicted molar refractivity (Wildman–Crippen MR) is 199 cm³/mol. The topological polar surface area (TPSA) is 219 Å². The molecule has 24 heteroatoms. The third kappa shape index (κ3) is 15.8. The van der Waals surface area contributed by atoms with E-state index >= 15 is 0 Å². The van der Waals surface area contributed by atoms with Crippen molar-refractivity contribution in [3.8, 4) is 16.6 Å². The number of nitrogens with zero attached hydrogens (tertiary/aromatic N) is 5. The van der Waals surface area contributed by atoms with Crippen LogP contribution in [0, 0.1) is 5.82 Å². The minimum atomic E-state index is -4.61. The number of amides is 1. The van der Waals surface area contributed by atoms with Crippen LogP contribution in [0.1, 0.15) is 59.4 Å². The molecule has 4 rings (SSSR count). The Morgan fingerprint density at radius 1 is 1.05 bits per heavy atom. The standard InChI is InChI=1S/C15H18Cl2N2O3.C14H13F4N3O2S.C3H8NO5P/c1-8(2)21-12-7-11(9(16)6-10(12)17)19-14(20)22-13(18-19)15(3,4)5;1-8(2)21(10-5-3-9(15)4-6-10)11(22)7-23-13-20-19-12(24-13)14(16,17)18;5-3(6)1-4-2-10(7,8)9/h6-8H,1-5H3;3-6,8H,7H2,1-2H3;4H,1-2H2,(H,5,6)(H2,7,8,9). The fourth-order valence-electron chi connectivity index (χ4n) is 3.97. The number of halogens is 6. The summed E-state index contributed by atoms with van der Waals surface area (Å²) in [5.41, 5.74) is 0.430. The Balaban J connectivity index is 0.000000314. The van der Waals surface area contributed by atoms with E-state index in [0.717, 1.165) is 4.68 Å². The summed E-state index contributed by atoms with van der Waals surface area (Å²) in [6, 6.07) is 8.12. The lowest BCUT2D eigenvalue weighted by atomic mass is 9.97. The van der Waals surface area contributed by atoms with Gasteiger partial charge in [-0.15, -0.1) is 10.2 Å². The summed E-state index contributed by atoms with van der Waals surface area (Å²) in [6.45, 7) is 12.0. The highest BCUT2D eigenvalue weighted by Crippen LogP contribution is 2.35.